The van der Waals surface area contributed by atoms with Crippen molar-refractivity contribution in [1.29, 1.82) is 5.26 Å². The number of anilines is 1. The number of hydrogen-bond donors (Lipinski definition) is 1. The highest BCUT2D eigenvalue weighted by atomic mass is 32.1. The van der Waals surface area contributed by atoms with Crippen molar-refractivity contribution in [2.75, 3.05) is 11.9 Å². The van der Waals surface area contributed by atoms with Gasteiger partial charge in [0.15, 0.2) is 6.61 Å². The molecule has 0 fully saturated rings. The van der Waals surface area contributed by atoms with Gasteiger partial charge in [0.05, 0.1) is 12.0 Å². The molecule has 0 unspecified atom stereocenters. The van der Waals surface area contributed by atoms with E-state index in [1.807, 2.05) is 17.5 Å². The van der Waals surface area contributed by atoms with Gasteiger partial charge in [0.2, 0.25) is 0 Å². The first-order chi connectivity index (χ1) is 12.2. The first-order valence-corrected chi connectivity index (χ1v) is 9.89. The minimum absolute atomic E-state index is 0.255. The lowest BCUT2D eigenvalue weighted by Crippen LogP contribution is -2.21. The van der Waals surface area contributed by atoms with Crippen LogP contribution in [0.25, 0.3) is 0 Å². The number of aryl methyl sites for hydroxylation is 2. The van der Waals surface area contributed by atoms with Crippen molar-refractivity contribution < 1.29 is 14.3 Å². The molecule has 1 aliphatic carbocycles. The zero-order valence-electron chi connectivity index (χ0n) is 13.7. The molecule has 2 aromatic heterocycles. The van der Waals surface area contributed by atoms with Crippen molar-refractivity contribution in [3.63, 3.8) is 0 Å². The lowest BCUT2D eigenvalue weighted by molar-refractivity contribution is -0.147. The summed E-state index contributed by atoms with van der Waals surface area (Å²) < 4.78 is 5.03. The van der Waals surface area contributed by atoms with Gasteiger partial charge in [0, 0.05) is 9.75 Å². The van der Waals surface area contributed by atoms with Gasteiger partial charge in [-0.3, -0.25) is 9.59 Å². The van der Waals surface area contributed by atoms with Gasteiger partial charge in [-0.1, -0.05) is 6.07 Å². The average molecular weight is 374 g/mol. The lowest BCUT2D eigenvalue weighted by Gasteiger charge is -2.09. The van der Waals surface area contributed by atoms with E-state index in [9.17, 15) is 14.9 Å². The fourth-order valence-electron chi connectivity index (χ4n) is 2.83. The largest absolute Gasteiger partial charge is 0.456 e. The molecule has 0 radical (unpaired) electrons. The molecule has 3 rings (SSSR count). The van der Waals surface area contributed by atoms with Crippen LogP contribution in [0.1, 0.15) is 40.1 Å². The molecule has 130 valence electrons. The molecule has 0 aromatic carbocycles. The summed E-state index contributed by atoms with van der Waals surface area (Å²) in [6.45, 7) is -0.323. The number of fused-ring (bicyclic) bond motifs is 1. The minimum Gasteiger partial charge on any atom is -0.456 e. The number of amides is 1. The third kappa shape index (κ3) is 4.47. The van der Waals surface area contributed by atoms with Crippen LogP contribution in [0.3, 0.4) is 0 Å². The van der Waals surface area contributed by atoms with Gasteiger partial charge >= 0.3 is 5.97 Å². The molecule has 0 saturated heterocycles. The van der Waals surface area contributed by atoms with Gasteiger partial charge in [0.1, 0.15) is 11.1 Å². The Bertz CT molecular complexity index is 803. The van der Waals surface area contributed by atoms with Crippen LogP contribution in [0.15, 0.2) is 17.5 Å². The number of nitrogens with zero attached hydrogens (tertiary/aromatic N) is 1. The molecule has 0 atom stereocenters. The topological polar surface area (TPSA) is 79.2 Å². The molecular formula is C18H18N2O3S2. The minimum atomic E-state index is -0.403. The number of ether oxygens (including phenoxy) is 1. The highest BCUT2D eigenvalue weighted by molar-refractivity contribution is 7.16. The monoisotopic (exact) mass is 374 g/mol. The maximum atomic E-state index is 12.0. The molecule has 7 heteroatoms. The fourth-order valence-corrected chi connectivity index (χ4v) is 4.80. The summed E-state index contributed by atoms with van der Waals surface area (Å²) in [7, 11) is 0. The van der Waals surface area contributed by atoms with Crippen LogP contribution in [0.4, 0.5) is 5.00 Å². The summed E-state index contributed by atoms with van der Waals surface area (Å²) in [6.07, 6.45) is 4.92. The molecule has 1 N–H and O–H groups in total. The van der Waals surface area contributed by atoms with Crippen LogP contribution in [-0.2, 0) is 33.6 Å². The number of hydrogen-bond acceptors (Lipinski definition) is 6. The van der Waals surface area contributed by atoms with Gasteiger partial charge in [-0.25, -0.2) is 0 Å². The van der Waals surface area contributed by atoms with Gasteiger partial charge in [-0.2, -0.15) is 5.26 Å². The Hall–Kier alpha value is -2.17. The third-order valence-corrected chi connectivity index (χ3v) is 6.20. The van der Waals surface area contributed by atoms with Crippen molar-refractivity contribution in [1.82, 2.24) is 0 Å². The van der Waals surface area contributed by atoms with E-state index >= 15 is 0 Å². The number of nitriles is 1. The van der Waals surface area contributed by atoms with Gasteiger partial charge in [-0.05, 0) is 49.1 Å². The Morgan fingerprint density at radius 2 is 2.16 bits per heavy atom. The fraction of sp³-hybridized carbons (Fsp3) is 0.389. The van der Waals surface area contributed by atoms with Gasteiger partial charge < -0.3 is 10.1 Å². The molecule has 0 saturated carbocycles. The second-order valence-corrected chi connectivity index (χ2v) is 7.95. The predicted octanol–water partition coefficient (Wildman–Crippen LogP) is 3.67. The van der Waals surface area contributed by atoms with Crippen LogP contribution in [0.2, 0.25) is 0 Å². The number of nitrogens with one attached hydrogen (secondary N) is 1. The van der Waals surface area contributed by atoms with Crippen molar-refractivity contribution >= 4 is 39.6 Å². The average Bonchev–Trinajstić information content (AvgIpc) is 3.25. The van der Waals surface area contributed by atoms with E-state index in [2.05, 4.69) is 11.4 Å². The smallest absolute Gasteiger partial charge is 0.306 e. The highest BCUT2D eigenvalue weighted by Crippen LogP contribution is 2.37. The summed E-state index contributed by atoms with van der Waals surface area (Å²) in [4.78, 5) is 26.1. The number of thiophene rings is 2. The number of carbonyl (C=O) groups is 2. The second kappa shape index (κ2) is 8.28. The molecule has 1 aliphatic rings. The first-order valence-electron chi connectivity index (χ1n) is 8.20. The molecule has 2 aromatic rings. The van der Waals surface area contributed by atoms with Gasteiger partial charge in [0.25, 0.3) is 5.91 Å². The van der Waals surface area contributed by atoms with Crippen LogP contribution >= 0.6 is 22.7 Å². The van der Waals surface area contributed by atoms with E-state index in [4.69, 9.17) is 4.74 Å². The lowest BCUT2D eigenvalue weighted by atomic mass is 9.96. The van der Waals surface area contributed by atoms with Crippen LogP contribution < -0.4 is 5.32 Å². The van der Waals surface area contributed by atoms with Crippen molar-refractivity contribution in [2.45, 2.75) is 38.5 Å². The maximum absolute atomic E-state index is 12.0. The van der Waals surface area contributed by atoms with Crippen LogP contribution in [-0.4, -0.2) is 18.5 Å². The molecule has 25 heavy (non-hydrogen) atoms. The summed E-state index contributed by atoms with van der Waals surface area (Å²) in [6, 6.07) is 6.10. The predicted molar refractivity (Wildman–Crippen MR) is 97.9 cm³/mol. The Labute approximate surface area is 154 Å². The number of rotatable bonds is 6. The van der Waals surface area contributed by atoms with E-state index in [1.54, 1.807) is 11.3 Å². The first kappa shape index (κ1) is 17.6. The third-order valence-electron chi connectivity index (χ3n) is 4.06. The SMILES string of the molecule is N#Cc1c(NC(=O)COC(=O)CCc2cccs2)sc2c1CCCC2. The van der Waals surface area contributed by atoms with E-state index in [1.165, 1.54) is 16.2 Å². The maximum Gasteiger partial charge on any atom is 0.306 e. The highest BCUT2D eigenvalue weighted by Gasteiger charge is 2.22. The standard InChI is InChI=1S/C18H18N2O3S2/c19-10-14-13-5-1-2-6-15(13)25-18(14)20-16(21)11-23-17(22)8-7-12-4-3-9-24-12/h3-4,9H,1-2,5-8,11H2,(H,20,21). The summed E-state index contributed by atoms with van der Waals surface area (Å²) >= 11 is 3.06. The second-order valence-electron chi connectivity index (χ2n) is 5.82. The normalized spacial score (nSPS) is 12.9. The van der Waals surface area contributed by atoms with E-state index in [-0.39, 0.29) is 13.0 Å². The zero-order chi connectivity index (χ0) is 17.6. The Morgan fingerprint density at radius 1 is 1.32 bits per heavy atom. The number of carbonyl (C=O) groups excluding carboxylic acids is 2. The molecule has 0 bridgehead atoms. The van der Waals surface area contributed by atoms with Crippen molar-refractivity contribution in [3.05, 3.63) is 38.4 Å². The zero-order valence-corrected chi connectivity index (χ0v) is 15.3. The summed E-state index contributed by atoms with van der Waals surface area (Å²) in [5, 5.41) is 14.6. The van der Waals surface area contributed by atoms with Crippen LogP contribution in [0, 0.1) is 11.3 Å². The Morgan fingerprint density at radius 3 is 2.92 bits per heavy atom. The van der Waals surface area contributed by atoms with Crippen molar-refractivity contribution in [2.24, 2.45) is 0 Å². The molecule has 5 nitrogen and oxygen atoms in total. The van der Waals surface area contributed by atoms with E-state index in [0.717, 1.165) is 36.1 Å². The van der Waals surface area contributed by atoms with E-state index < -0.39 is 11.9 Å². The van der Waals surface area contributed by atoms with E-state index in [0.29, 0.717) is 17.0 Å². The van der Waals surface area contributed by atoms with Crippen LogP contribution in [0.5, 0.6) is 0 Å². The molecule has 2 heterocycles. The molecule has 0 spiro atoms. The number of esters is 1. The quantitative estimate of drug-likeness (QED) is 0.783. The van der Waals surface area contributed by atoms with Crippen molar-refractivity contribution in [3.8, 4) is 6.07 Å². The molecular weight excluding hydrogens is 356 g/mol. The Kier molecular flexibility index (Phi) is 5.84. The molecule has 0 aliphatic heterocycles. The summed E-state index contributed by atoms with van der Waals surface area (Å²) in [5.74, 6) is -0.797. The summed E-state index contributed by atoms with van der Waals surface area (Å²) in [5.41, 5.74) is 1.64. The van der Waals surface area contributed by atoms with Gasteiger partial charge in [-0.15, -0.1) is 22.7 Å². The Balaban J connectivity index is 1.50. The molecule has 1 amide bonds.